The molecule has 0 radical (unpaired) electrons. The number of nitrogens with zero attached hydrogens (tertiary/aromatic N) is 2. The minimum Gasteiger partial charge on any atom is -0.481 e. The minimum atomic E-state index is -0.735. The first-order valence-corrected chi connectivity index (χ1v) is 6.05. The third-order valence-corrected chi connectivity index (χ3v) is 2.63. The number of hydrogen-bond acceptors (Lipinski definition) is 3. The number of rotatable bonds is 8. The van der Waals surface area contributed by atoms with E-state index in [9.17, 15) is 4.79 Å². The van der Waals surface area contributed by atoms with E-state index in [2.05, 4.69) is 16.8 Å². The predicted molar refractivity (Wildman–Crippen MR) is 66.7 cm³/mol. The summed E-state index contributed by atoms with van der Waals surface area (Å²) >= 11 is 0. The molecule has 0 aliphatic rings. The Bertz CT molecular complexity index is 327. The van der Waals surface area contributed by atoms with Crippen LogP contribution in [-0.2, 0) is 11.3 Å². The van der Waals surface area contributed by atoms with Gasteiger partial charge >= 0.3 is 5.97 Å². The molecule has 1 heterocycles. The van der Waals surface area contributed by atoms with Crippen LogP contribution in [0.5, 0.6) is 0 Å². The Balaban J connectivity index is 2.47. The fraction of sp³-hybridized carbons (Fsp3) is 0.538. The highest BCUT2D eigenvalue weighted by atomic mass is 16.4. The van der Waals surface area contributed by atoms with E-state index in [0.29, 0.717) is 6.54 Å². The van der Waals surface area contributed by atoms with Crippen molar-refractivity contribution in [3.8, 4) is 0 Å². The number of carboxylic acid groups (broad SMARTS) is 1. The SMILES string of the molecule is CCCCN(CCC(=O)O)Cc1ccncc1. The van der Waals surface area contributed by atoms with E-state index < -0.39 is 5.97 Å². The van der Waals surface area contributed by atoms with E-state index in [0.717, 1.165) is 25.9 Å². The zero-order valence-corrected chi connectivity index (χ0v) is 10.3. The predicted octanol–water partition coefficient (Wildman–Crippen LogP) is 2.16. The average Bonchev–Trinajstić information content (AvgIpc) is 2.34. The molecule has 1 aromatic heterocycles. The number of hydrogen-bond donors (Lipinski definition) is 1. The van der Waals surface area contributed by atoms with E-state index in [1.807, 2.05) is 12.1 Å². The van der Waals surface area contributed by atoms with Crippen molar-refractivity contribution in [1.82, 2.24) is 9.88 Å². The highest BCUT2D eigenvalue weighted by molar-refractivity contribution is 5.66. The van der Waals surface area contributed by atoms with E-state index in [-0.39, 0.29) is 6.42 Å². The van der Waals surface area contributed by atoms with E-state index in [4.69, 9.17) is 5.11 Å². The molecule has 4 nitrogen and oxygen atoms in total. The van der Waals surface area contributed by atoms with Crippen LogP contribution in [0.4, 0.5) is 0 Å². The molecule has 0 fully saturated rings. The monoisotopic (exact) mass is 236 g/mol. The van der Waals surface area contributed by atoms with Crippen LogP contribution in [0.25, 0.3) is 0 Å². The molecule has 1 aromatic rings. The third kappa shape index (κ3) is 6.02. The molecule has 0 saturated carbocycles. The van der Waals surface area contributed by atoms with Gasteiger partial charge in [-0.2, -0.15) is 0 Å². The average molecular weight is 236 g/mol. The minimum absolute atomic E-state index is 0.203. The summed E-state index contributed by atoms with van der Waals surface area (Å²) in [6.45, 7) is 4.50. The van der Waals surface area contributed by atoms with Crippen LogP contribution in [0.1, 0.15) is 31.7 Å². The third-order valence-electron chi connectivity index (χ3n) is 2.63. The number of aromatic nitrogens is 1. The molecular weight excluding hydrogens is 216 g/mol. The molecule has 94 valence electrons. The summed E-state index contributed by atoms with van der Waals surface area (Å²) in [5, 5.41) is 8.72. The molecule has 0 bridgehead atoms. The Morgan fingerprint density at radius 1 is 1.35 bits per heavy atom. The lowest BCUT2D eigenvalue weighted by atomic mass is 10.2. The molecule has 0 aliphatic heterocycles. The van der Waals surface area contributed by atoms with E-state index in [1.54, 1.807) is 12.4 Å². The first kappa shape index (κ1) is 13.6. The van der Waals surface area contributed by atoms with Crippen molar-refractivity contribution in [3.05, 3.63) is 30.1 Å². The highest BCUT2D eigenvalue weighted by Gasteiger charge is 2.07. The van der Waals surface area contributed by atoms with Gasteiger partial charge in [0, 0.05) is 25.5 Å². The molecule has 0 atom stereocenters. The van der Waals surface area contributed by atoms with Gasteiger partial charge in [0.05, 0.1) is 6.42 Å². The molecule has 1 rings (SSSR count). The standard InChI is InChI=1S/C13H20N2O2/c1-2-3-9-15(10-6-13(16)17)11-12-4-7-14-8-5-12/h4-5,7-8H,2-3,6,9-11H2,1H3,(H,16,17). The van der Waals surface area contributed by atoms with Crippen molar-refractivity contribution in [2.45, 2.75) is 32.7 Å². The first-order valence-electron chi connectivity index (χ1n) is 6.05. The number of carbonyl (C=O) groups is 1. The van der Waals surface area contributed by atoms with Gasteiger partial charge in [0.15, 0.2) is 0 Å². The number of carboxylic acids is 1. The quantitative estimate of drug-likeness (QED) is 0.751. The molecule has 17 heavy (non-hydrogen) atoms. The van der Waals surface area contributed by atoms with Gasteiger partial charge in [-0.1, -0.05) is 13.3 Å². The van der Waals surface area contributed by atoms with Gasteiger partial charge in [-0.15, -0.1) is 0 Å². The maximum absolute atomic E-state index is 10.6. The highest BCUT2D eigenvalue weighted by Crippen LogP contribution is 2.05. The van der Waals surface area contributed by atoms with Gasteiger partial charge in [-0.05, 0) is 30.7 Å². The molecule has 0 saturated heterocycles. The van der Waals surface area contributed by atoms with Crippen molar-refractivity contribution >= 4 is 5.97 Å². The normalized spacial score (nSPS) is 10.7. The maximum atomic E-state index is 10.6. The lowest BCUT2D eigenvalue weighted by Gasteiger charge is -2.21. The van der Waals surface area contributed by atoms with Crippen molar-refractivity contribution in [2.24, 2.45) is 0 Å². The number of pyridine rings is 1. The Morgan fingerprint density at radius 3 is 2.65 bits per heavy atom. The van der Waals surface area contributed by atoms with Crippen molar-refractivity contribution in [2.75, 3.05) is 13.1 Å². The van der Waals surface area contributed by atoms with E-state index in [1.165, 1.54) is 5.56 Å². The van der Waals surface area contributed by atoms with E-state index >= 15 is 0 Å². The van der Waals surface area contributed by atoms with Crippen LogP contribution >= 0.6 is 0 Å². The second-order valence-corrected chi connectivity index (χ2v) is 4.13. The summed E-state index contributed by atoms with van der Waals surface area (Å²) in [5.74, 6) is -0.735. The molecule has 0 amide bonds. The smallest absolute Gasteiger partial charge is 0.304 e. The summed E-state index contributed by atoms with van der Waals surface area (Å²) in [4.78, 5) is 16.8. The van der Waals surface area contributed by atoms with Crippen LogP contribution in [0, 0.1) is 0 Å². The van der Waals surface area contributed by atoms with Crippen LogP contribution < -0.4 is 0 Å². The largest absolute Gasteiger partial charge is 0.481 e. The zero-order chi connectivity index (χ0) is 12.5. The first-order chi connectivity index (χ1) is 8.22. The second-order valence-electron chi connectivity index (χ2n) is 4.13. The molecule has 4 heteroatoms. The molecule has 1 N–H and O–H groups in total. The van der Waals surface area contributed by atoms with Crippen molar-refractivity contribution < 1.29 is 9.90 Å². The van der Waals surface area contributed by atoms with Crippen molar-refractivity contribution in [3.63, 3.8) is 0 Å². The Morgan fingerprint density at radius 2 is 2.06 bits per heavy atom. The van der Waals surface area contributed by atoms with Gasteiger partial charge in [0.25, 0.3) is 0 Å². The number of unbranched alkanes of at least 4 members (excludes halogenated alkanes) is 1. The Hall–Kier alpha value is -1.42. The summed E-state index contributed by atoms with van der Waals surface area (Å²) in [5.41, 5.74) is 1.18. The second kappa shape index (κ2) is 7.79. The summed E-state index contributed by atoms with van der Waals surface area (Å²) < 4.78 is 0. The number of aliphatic carboxylic acids is 1. The van der Waals surface area contributed by atoms with Gasteiger partial charge in [0.1, 0.15) is 0 Å². The summed E-state index contributed by atoms with van der Waals surface area (Å²) in [6.07, 6.45) is 5.97. The van der Waals surface area contributed by atoms with Crippen LogP contribution in [0.15, 0.2) is 24.5 Å². The van der Waals surface area contributed by atoms with Gasteiger partial charge < -0.3 is 5.11 Å². The summed E-state index contributed by atoms with van der Waals surface area (Å²) in [7, 11) is 0. The van der Waals surface area contributed by atoms with Crippen LogP contribution in [0.2, 0.25) is 0 Å². The van der Waals surface area contributed by atoms with Crippen LogP contribution in [0.3, 0.4) is 0 Å². The zero-order valence-electron chi connectivity index (χ0n) is 10.3. The topological polar surface area (TPSA) is 53.4 Å². The summed E-state index contributed by atoms with van der Waals surface area (Å²) in [6, 6.07) is 3.94. The maximum Gasteiger partial charge on any atom is 0.304 e. The Labute approximate surface area is 102 Å². The Kier molecular flexibility index (Phi) is 6.25. The van der Waals surface area contributed by atoms with Gasteiger partial charge in [-0.25, -0.2) is 0 Å². The fourth-order valence-electron chi connectivity index (χ4n) is 1.65. The lowest BCUT2D eigenvalue weighted by molar-refractivity contribution is -0.137. The van der Waals surface area contributed by atoms with Gasteiger partial charge in [0.2, 0.25) is 0 Å². The molecule has 0 unspecified atom stereocenters. The molecule has 0 spiro atoms. The molecule has 0 aromatic carbocycles. The van der Waals surface area contributed by atoms with Crippen LogP contribution in [-0.4, -0.2) is 34.0 Å². The van der Waals surface area contributed by atoms with Gasteiger partial charge in [-0.3, -0.25) is 14.7 Å². The lowest BCUT2D eigenvalue weighted by Crippen LogP contribution is -2.27. The molecule has 0 aliphatic carbocycles. The van der Waals surface area contributed by atoms with Crippen molar-refractivity contribution in [1.29, 1.82) is 0 Å². The fourth-order valence-corrected chi connectivity index (χ4v) is 1.65. The molecular formula is C13H20N2O2.